The Balaban J connectivity index is 1.52. The number of nitrogens with one attached hydrogen (secondary N) is 2. The smallest absolute Gasteiger partial charge is 0.271 e. The summed E-state index contributed by atoms with van der Waals surface area (Å²) in [6.07, 6.45) is 9.08. The highest BCUT2D eigenvalue weighted by Crippen LogP contribution is 2.22. The molecular formula is C21H30N4O. The van der Waals surface area contributed by atoms with Crippen LogP contribution in [0.5, 0.6) is 0 Å². The molecule has 0 radical (unpaired) electrons. The van der Waals surface area contributed by atoms with E-state index in [1.807, 2.05) is 24.3 Å². The molecule has 0 aromatic heterocycles. The van der Waals surface area contributed by atoms with Crippen molar-refractivity contribution < 1.29 is 4.79 Å². The van der Waals surface area contributed by atoms with Crippen molar-refractivity contribution >= 4 is 23.0 Å². The lowest BCUT2D eigenvalue weighted by Gasteiger charge is -2.19. The second kappa shape index (κ2) is 8.97. The van der Waals surface area contributed by atoms with Crippen molar-refractivity contribution in [2.24, 2.45) is 22.0 Å². The summed E-state index contributed by atoms with van der Waals surface area (Å²) in [5.74, 6) is 1.23. The van der Waals surface area contributed by atoms with Crippen molar-refractivity contribution in [1.82, 2.24) is 5.43 Å². The van der Waals surface area contributed by atoms with E-state index in [4.69, 9.17) is 0 Å². The van der Waals surface area contributed by atoms with Crippen molar-refractivity contribution in [1.29, 1.82) is 0 Å². The van der Waals surface area contributed by atoms with Gasteiger partial charge >= 0.3 is 0 Å². The molecule has 5 heteroatoms. The van der Waals surface area contributed by atoms with Gasteiger partial charge in [-0.3, -0.25) is 10.2 Å². The van der Waals surface area contributed by atoms with Crippen LogP contribution in [0, 0.1) is 11.8 Å². The third kappa shape index (κ3) is 5.41. The molecule has 2 saturated carbocycles. The van der Waals surface area contributed by atoms with Gasteiger partial charge in [-0.05, 0) is 87.5 Å². The molecule has 2 aliphatic rings. The number of carbonyl (C=O) groups excluding carboxylic acids is 1. The Morgan fingerprint density at radius 1 is 0.923 bits per heavy atom. The number of hydrogen-bond acceptors (Lipinski definition) is 4. The second-order valence-corrected chi connectivity index (χ2v) is 7.89. The quantitative estimate of drug-likeness (QED) is 0.751. The minimum Gasteiger partial charge on any atom is -0.279 e. The molecule has 0 heterocycles. The molecule has 0 unspecified atom stereocenters. The number of benzene rings is 1. The van der Waals surface area contributed by atoms with Gasteiger partial charge in [0.1, 0.15) is 0 Å². The molecule has 140 valence electrons. The fourth-order valence-electron chi connectivity index (χ4n) is 3.76. The van der Waals surface area contributed by atoms with Crippen LogP contribution in [0.2, 0.25) is 0 Å². The van der Waals surface area contributed by atoms with Crippen LogP contribution in [-0.2, 0) is 0 Å². The van der Waals surface area contributed by atoms with Crippen molar-refractivity contribution in [3.05, 3.63) is 29.8 Å². The van der Waals surface area contributed by atoms with Crippen LogP contribution >= 0.6 is 0 Å². The van der Waals surface area contributed by atoms with E-state index in [1.165, 1.54) is 25.0 Å². The summed E-state index contributed by atoms with van der Waals surface area (Å²) in [6, 6.07) is 7.40. The van der Waals surface area contributed by atoms with E-state index in [0.29, 0.717) is 11.5 Å². The van der Waals surface area contributed by atoms with Crippen LogP contribution in [-0.4, -0.2) is 17.3 Å². The number of carbonyl (C=O) groups is 1. The number of anilines is 1. The van der Waals surface area contributed by atoms with Crippen LogP contribution in [0.15, 0.2) is 34.5 Å². The van der Waals surface area contributed by atoms with Gasteiger partial charge in [-0.1, -0.05) is 13.8 Å². The number of amides is 1. The number of hydrogen-bond donors (Lipinski definition) is 2. The molecular weight excluding hydrogens is 324 g/mol. The van der Waals surface area contributed by atoms with Gasteiger partial charge in [0.25, 0.3) is 5.91 Å². The first kappa shape index (κ1) is 18.6. The largest absolute Gasteiger partial charge is 0.279 e. The van der Waals surface area contributed by atoms with Crippen LogP contribution in [0.1, 0.15) is 75.6 Å². The van der Waals surface area contributed by atoms with E-state index in [9.17, 15) is 4.79 Å². The normalized spacial score (nSPS) is 26.7. The molecule has 0 bridgehead atoms. The van der Waals surface area contributed by atoms with Gasteiger partial charge in [-0.2, -0.15) is 10.2 Å². The van der Waals surface area contributed by atoms with Gasteiger partial charge in [0.15, 0.2) is 0 Å². The first-order chi connectivity index (χ1) is 12.6. The van der Waals surface area contributed by atoms with Crippen molar-refractivity contribution in [2.45, 2.75) is 65.2 Å². The summed E-state index contributed by atoms with van der Waals surface area (Å²) < 4.78 is 0. The zero-order valence-corrected chi connectivity index (χ0v) is 15.9. The SMILES string of the molecule is C[C@H]1CCC/C(=N/NC(=O)c2ccc(N/N=C3\CCC[C@H](C)C3)cc2)C1. The maximum Gasteiger partial charge on any atom is 0.271 e. The first-order valence-corrected chi connectivity index (χ1v) is 9.87. The third-order valence-electron chi connectivity index (χ3n) is 5.30. The topological polar surface area (TPSA) is 65.8 Å². The van der Waals surface area contributed by atoms with Crippen LogP contribution < -0.4 is 10.9 Å². The molecule has 3 rings (SSSR count). The Morgan fingerprint density at radius 2 is 1.50 bits per heavy atom. The van der Waals surface area contributed by atoms with Crippen molar-refractivity contribution in [3.63, 3.8) is 0 Å². The minimum atomic E-state index is -0.158. The Morgan fingerprint density at radius 3 is 2.08 bits per heavy atom. The van der Waals surface area contributed by atoms with E-state index < -0.39 is 0 Å². The summed E-state index contributed by atoms with van der Waals surface area (Å²) in [4.78, 5) is 12.3. The first-order valence-electron chi connectivity index (χ1n) is 9.87. The average Bonchev–Trinajstić information content (AvgIpc) is 2.65. The van der Waals surface area contributed by atoms with E-state index in [1.54, 1.807) is 0 Å². The third-order valence-corrected chi connectivity index (χ3v) is 5.30. The number of hydrazone groups is 2. The van der Waals surface area contributed by atoms with Gasteiger partial charge in [0.2, 0.25) is 0 Å². The Hall–Kier alpha value is -2.17. The van der Waals surface area contributed by atoms with E-state index in [-0.39, 0.29) is 5.91 Å². The summed E-state index contributed by atoms with van der Waals surface area (Å²) in [5.41, 5.74) is 9.68. The van der Waals surface area contributed by atoms with E-state index in [0.717, 1.165) is 49.4 Å². The van der Waals surface area contributed by atoms with E-state index >= 15 is 0 Å². The number of rotatable bonds is 4. The fourth-order valence-corrected chi connectivity index (χ4v) is 3.76. The van der Waals surface area contributed by atoms with Crippen molar-refractivity contribution in [2.75, 3.05) is 5.43 Å². The molecule has 2 fully saturated rings. The zero-order chi connectivity index (χ0) is 18.4. The average molecular weight is 354 g/mol. The molecule has 1 aromatic carbocycles. The maximum absolute atomic E-state index is 12.3. The summed E-state index contributed by atoms with van der Waals surface area (Å²) in [6.45, 7) is 4.51. The lowest BCUT2D eigenvalue weighted by atomic mass is 9.89. The molecule has 26 heavy (non-hydrogen) atoms. The Labute approximate surface area is 156 Å². The molecule has 0 saturated heterocycles. The molecule has 2 aliphatic carbocycles. The molecule has 2 atom stereocenters. The van der Waals surface area contributed by atoms with Gasteiger partial charge in [-0.25, -0.2) is 5.43 Å². The summed E-state index contributed by atoms with van der Waals surface area (Å²) >= 11 is 0. The molecule has 1 aromatic rings. The molecule has 2 N–H and O–H groups in total. The highest BCUT2D eigenvalue weighted by Gasteiger charge is 2.15. The summed E-state index contributed by atoms with van der Waals surface area (Å²) in [7, 11) is 0. The lowest BCUT2D eigenvalue weighted by molar-refractivity contribution is 0.0954. The summed E-state index contributed by atoms with van der Waals surface area (Å²) in [5, 5.41) is 8.84. The van der Waals surface area contributed by atoms with Gasteiger partial charge < -0.3 is 0 Å². The maximum atomic E-state index is 12.3. The molecule has 5 nitrogen and oxygen atoms in total. The van der Waals surface area contributed by atoms with E-state index in [2.05, 4.69) is 34.9 Å². The Kier molecular flexibility index (Phi) is 6.42. The molecule has 0 aliphatic heterocycles. The Bertz CT molecular complexity index is 678. The second-order valence-electron chi connectivity index (χ2n) is 7.89. The highest BCUT2D eigenvalue weighted by atomic mass is 16.2. The molecule has 1 amide bonds. The van der Waals surface area contributed by atoms with Gasteiger partial charge in [0, 0.05) is 17.0 Å². The van der Waals surface area contributed by atoms with Gasteiger partial charge in [0.05, 0.1) is 5.69 Å². The van der Waals surface area contributed by atoms with Crippen LogP contribution in [0.4, 0.5) is 5.69 Å². The monoisotopic (exact) mass is 354 g/mol. The van der Waals surface area contributed by atoms with Crippen LogP contribution in [0.3, 0.4) is 0 Å². The van der Waals surface area contributed by atoms with Crippen molar-refractivity contribution in [3.8, 4) is 0 Å². The fraction of sp³-hybridized carbons (Fsp3) is 0.571. The molecule has 0 spiro atoms. The predicted octanol–water partition coefficient (Wildman–Crippen LogP) is 4.96. The minimum absolute atomic E-state index is 0.158. The standard InChI is InChI=1S/C21H30N4O/c1-15-5-3-7-19(13-15)23-22-18-11-9-17(10-12-18)21(26)25-24-20-8-4-6-16(2)14-20/h9-12,15-16,22H,3-8,13-14H2,1-2H3,(H,25,26)/b23-19+,24-20-/t15-,16-/m0/s1. The zero-order valence-electron chi connectivity index (χ0n) is 15.9. The predicted molar refractivity (Wildman–Crippen MR) is 108 cm³/mol. The lowest BCUT2D eigenvalue weighted by Crippen LogP contribution is -2.22. The highest BCUT2D eigenvalue weighted by molar-refractivity contribution is 5.96. The van der Waals surface area contributed by atoms with Crippen LogP contribution in [0.25, 0.3) is 0 Å². The number of nitrogens with zero attached hydrogens (tertiary/aromatic N) is 2. The van der Waals surface area contributed by atoms with Gasteiger partial charge in [-0.15, -0.1) is 0 Å².